The highest BCUT2D eigenvalue weighted by Crippen LogP contribution is 2.39. The van der Waals surface area contributed by atoms with Crippen molar-refractivity contribution in [3.05, 3.63) is 10.4 Å². The van der Waals surface area contributed by atoms with Gasteiger partial charge in [0, 0.05) is 24.7 Å². The molecule has 2 aliphatic heterocycles. The molecule has 0 bridgehead atoms. The Morgan fingerprint density at radius 3 is 2.54 bits per heavy atom. The number of carbonyl (C=O) groups is 3. The highest BCUT2D eigenvalue weighted by Gasteiger charge is 2.57. The quantitative estimate of drug-likeness (QED) is 0.229. The molecule has 0 spiro atoms. The lowest BCUT2D eigenvalue weighted by Crippen LogP contribution is -2.67. The number of azide groups is 1. The molecule has 2 saturated heterocycles. The number of carboxylic acids is 1. The van der Waals surface area contributed by atoms with E-state index in [1.54, 1.807) is 13.8 Å². The van der Waals surface area contributed by atoms with Gasteiger partial charge < -0.3 is 34.5 Å². The topological polar surface area (TPSA) is 180 Å². The van der Waals surface area contributed by atoms with Gasteiger partial charge in [0.25, 0.3) is 0 Å². The van der Waals surface area contributed by atoms with Crippen LogP contribution in [0.25, 0.3) is 10.4 Å². The van der Waals surface area contributed by atoms with Crippen LogP contribution in [0, 0.1) is 0 Å². The summed E-state index contributed by atoms with van der Waals surface area (Å²) in [6.07, 6.45) is -4.81. The molecule has 156 valence electrons. The molecule has 0 aliphatic carbocycles. The van der Waals surface area contributed by atoms with E-state index < -0.39 is 66.6 Å². The van der Waals surface area contributed by atoms with Crippen molar-refractivity contribution in [2.24, 2.45) is 5.11 Å². The Morgan fingerprint density at radius 1 is 1.32 bits per heavy atom. The number of carbonyl (C=O) groups excluding carboxylic acids is 2. The zero-order valence-corrected chi connectivity index (χ0v) is 15.8. The number of rotatable bonds is 7. The summed E-state index contributed by atoms with van der Waals surface area (Å²) >= 11 is 0. The number of nitrogens with one attached hydrogen (secondary N) is 1. The molecule has 3 N–H and O–H groups in total. The smallest absolute Gasteiger partial charge is 0.336 e. The molecule has 0 aromatic carbocycles. The minimum absolute atomic E-state index is 0.138. The van der Waals surface area contributed by atoms with Crippen LogP contribution in [0.5, 0.6) is 0 Å². The van der Waals surface area contributed by atoms with E-state index in [0.717, 1.165) is 0 Å². The molecule has 2 rings (SSSR count). The number of hydrogen-bond donors (Lipinski definition) is 3. The maximum atomic E-state index is 11.9. The van der Waals surface area contributed by atoms with Crippen LogP contribution in [0.4, 0.5) is 0 Å². The van der Waals surface area contributed by atoms with Crippen LogP contribution in [0.3, 0.4) is 0 Å². The number of aliphatic carboxylic acids is 1. The molecular formula is C16H24N4O8. The maximum absolute atomic E-state index is 11.9. The minimum atomic E-state index is -1.99. The number of aldehydes is 1. The third kappa shape index (κ3) is 4.59. The van der Waals surface area contributed by atoms with Crippen LogP contribution in [0.1, 0.15) is 33.6 Å². The fourth-order valence-corrected chi connectivity index (χ4v) is 3.64. The Kier molecular flexibility index (Phi) is 6.63. The van der Waals surface area contributed by atoms with Crippen molar-refractivity contribution in [2.45, 2.75) is 75.5 Å². The van der Waals surface area contributed by atoms with Crippen LogP contribution < -0.4 is 5.32 Å². The maximum Gasteiger partial charge on any atom is 0.336 e. The van der Waals surface area contributed by atoms with Crippen molar-refractivity contribution in [3.63, 3.8) is 0 Å². The highest BCUT2D eigenvalue weighted by molar-refractivity contribution is 5.81. The van der Waals surface area contributed by atoms with Gasteiger partial charge in [0.05, 0.1) is 24.8 Å². The number of aliphatic hydroxyl groups is 1. The fourth-order valence-electron chi connectivity index (χ4n) is 3.64. The standard InChI is InChI=1S/C16H24N4O8/c1-8(22)19-11-9(23)6-16(4-5-21,14(24)25)28-13(11)12-10(7-18-20-17)26-15(2,3)27-12/h5,9-13,23H,4,6-7H2,1-3H3,(H,19,22)(H,24,25). The van der Waals surface area contributed by atoms with Gasteiger partial charge in [-0.05, 0) is 19.4 Å². The Balaban J connectivity index is 2.45. The predicted octanol–water partition coefficient (Wildman–Crippen LogP) is -0.116. The summed E-state index contributed by atoms with van der Waals surface area (Å²) in [5.74, 6) is -3.00. The average Bonchev–Trinajstić information content (AvgIpc) is 2.89. The third-order valence-electron chi connectivity index (χ3n) is 4.71. The molecule has 2 fully saturated rings. The third-order valence-corrected chi connectivity index (χ3v) is 4.71. The zero-order chi connectivity index (χ0) is 21.1. The Hall–Kier alpha value is -2.24. The zero-order valence-electron chi connectivity index (χ0n) is 15.8. The lowest BCUT2D eigenvalue weighted by Gasteiger charge is -2.46. The number of nitrogens with zero attached hydrogens (tertiary/aromatic N) is 3. The number of ether oxygens (including phenoxy) is 3. The molecule has 2 heterocycles. The van der Waals surface area contributed by atoms with Gasteiger partial charge in [-0.15, -0.1) is 0 Å². The number of hydrogen-bond acceptors (Lipinski definition) is 8. The van der Waals surface area contributed by atoms with Crippen molar-refractivity contribution in [3.8, 4) is 0 Å². The monoisotopic (exact) mass is 400 g/mol. The van der Waals surface area contributed by atoms with E-state index in [2.05, 4.69) is 15.3 Å². The van der Waals surface area contributed by atoms with Gasteiger partial charge in [-0.1, -0.05) is 5.11 Å². The lowest BCUT2D eigenvalue weighted by atomic mass is 9.82. The highest BCUT2D eigenvalue weighted by atomic mass is 16.8. The van der Waals surface area contributed by atoms with Crippen LogP contribution in [0.2, 0.25) is 0 Å². The van der Waals surface area contributed by atoms with E-state index in [1.807, 2.05) is 0 Å². The summed E-state index contributed by atoms with van der Waals surface area (Å²) in [4.78, 5) is 37.3. The van der Waals surface area contributed by atoms with E-state index in [0.29, 0.717) is 6.29 Å². The van der Waals surface area contributed by atoms with E-state index in [4.69, 9.17) is 19.7 Å². The SMILES string of the molecule is CC(=O)NC1C(O)CC(CC=O)(C(=O)O)OC1C1OC(C)(C)OC1CN=[N+]=[N-]. The summed E-state index contributed by atoms with van der Waals surface area (Å²) < 4.78 is 17.4. The largest absolute Gasteiger partial charge is 0.479 e. The van der Waals surface area contributed by atoms with Gasteiger partial charge in [-0.3, -0.25) is 4.79 Å². The van der Waals surface area contributed by atoms with Crippen molar-refractivity contribution in [1.29, 1.82) is 0 Å². The predicted molar refractivity (Wildman–Crippen MR) is 92.0 cm³/mol. The molecular weight excluding hydrogens is 376 g/mol. The first-order valence-electron chi connectivity index (χ1n) is 8.72. The molecule has 12 heteroatoms. The molecule has 0 aromatic heterocycles. The summed E-state index contributed by atoms with van der Waals surface area (Å²) in [6, 6.07) is -1.02. The summed E-state index contributed by atoms with van der Waals surface area (Å²) in [5, 5.41) is 26.3. The summed E-state index contributed by atoms with van der Waals surface area (Å²) in [6.45, 7) is 4.32. The van der Waals surface area contributed by atoms with Gasteiger partial charge in [0.2, 0.25) is 5.91 Å². The second-order valence-electron chi connectivity index (χ2n) is 7.30. The molecule has 0 radical (unpaired) electrons. The molecule has 28 heavy (non-hydrogen) atoms. The molecule has 12 nitrogen and oxygen atoms in total. The van der Waals surface area contributed by atoms with Gasteiger partial charge in [-0.25, -0.2) is 4.79 Å². The van der Waals surface area contributed by atoms with Crippen molar-refractivity contribution in [1.82, 2.24) is 5.32 Å². The molecule has 2 aliphatic rings. The van der Waals surface area contributed by atoms with Crippen molar-refractivity contribution < 1.29 is 38.8 Å². The van der Waals surface area contributed by atoms with E-state index in [9.17, 15) is 24.6 Å². The Morgan fingerprint density at radius 2 is 2.00 bits per heavy atom. The van der Waals surface area contributed by atoms with Crippen LogP contribution in [0.15, 0.2) is 5.11 Å². The molecule has 6 atom stereocenters. The van der Waals surface area contributed by atoms with Crippen LogP contribution in [-0.4, -0.2) is 76.8 Å². The van der Waals surface area contributed by atoms with E-state index in [-0.39, 0.29) is 6.54 Å². The van der Waals surface area contributed by atoms with Crippen LogP contribution in [-0.2, 0) is 28.6 Å². The average molecular weight is 400 g/mol. The molecule has 0 aromatic rings. The number of aliphatic hydroxyl groups excluding tert-OH is 1. The molecule has 6 unspecified atom stereocenters. The first kappa shape index (κ1) is 22.1. The van der Waals surface area contributed by atoms with Crippen molar-refractivity contribution >= 4 is 18.2 Å². The summed E-state index contributed by atoms with van der Waals surface area (Å²) in [5.41, 5.74) is 6.62. The van der Waals surface area contributed by atoms with Gasteiger partial charge in [0.1, 0.15) is 18.5 Å². The molecule has 1 amide bonds. The molecule has 0 saturated carbocycles. The normalized spacial score (nSPS) is 36.9. The van der Waals surface area contributed by atoms with Gasteiger partial charge in [-0.2, -0.15) is 0 Å². The Bertz CT molecular complexity index is 680. The van der Waals surface area contributed by atoms with Crippen LogP contribution >= 0.6 is 0 Å². The minimum Gasteiger partial charge on any atom is -0.479 e. The van der Waals surface area contributed by atoms with E-state index >= 15 is 0 Å². The number of carboxylic acid groups (broad SMARTS) is 1. The van der Waals surface area contributed by atoms with Crippen molar-refractivity contribution in [2.75, 3.05) is 6.54 Å². The first-order chi connectivity index (χ1) is 13.0. The fraction of sp³-hybridized carbons (Fsp3) is 0.812. The second kappa shape index (κ2) is 8.41. The summed E-state index contributed by atoms with van der Waals surface area (Å²) in [7, 11) is 0. The second-order valence-corrected chi connectivity index (χ2v) is 7.30. The number of amides is 1. The lowest BCUT2D eigenvalue weighted by molar-refractivity contribution is -0.229. The van der Waals surface area contributed by atoms with E-state index in [1.165, 1.54) is 6.92 Å². The Labute approximate surface area is 160 Å². The first-order valence-corrected chi connectivity index (χ1v) is 8.72. The van der Waals surface area contributed by atoms with Gasteiger partial charge >= 0.3 is 5.97 Å². The van der Waals surface area contributed by atoms with Gasteiger partial charge in [0.15, 0.2) is 11.4 Å².